The van der Waals surface area contributed by atoms with Crippen LogP contribution in [0.15, 0.2) is 47.0 Å². The third kappa shape index (κ3) is 6.19. The van der Waals surface area contributed by atoms with Crippen LogP contribution < -0.4 is 14.8 Å². The monoisotopic (exact) mass is 615 g/mol. The molecule has 0 spiro atoms. The summed E-state index contributed by atoms with van der Waals surface area (Å²) in [5.74, 6) is 0.308. The van der Waals surface area contributed by atoms with Gasteiger partial charge in [-0.3, -0.25) is 0 Å². The van der Waals surface area contributed by atoms with Crippen molar-refractivity contribution in [1.82, 2.24) is 10.1 Å². The number of carbonyl (C=O) groups excluding carboxylic acids is 2. The van der Waals surface area contributed by atoms with E-state index in [0.29, 0.717) is 35.6 Å². The molecule has 2 amide bonds. The summed E-state index contributed by atoms with van der Waals surface area (Å²) in [5.41, 5.74) is 1.72. The minimum atomic E-state index is -4.86. The zero-order valence-corrected chi connectivity index (χ0v) is 24.2. The lowest BCUT2D eigenvalue weighted by atomic mass is 9.99. The van der Waals surface area contributed by atoms with Gasteiger partial charge in [0.25, 0.3) is 0 Å². The molecule has 2 bridgehead atoms. The smallest absolute Gasteiger partial charge is 0.495 e. The number of ether oxygens (including phenoxy) is 4. The van der Waals surface area contributed by atoms with Gasteiger partial charge in [0.2, 0.25) is 0 Å². The molecular weight excluding hydrogens is 583 g/mol. The first-order valence-electron chi connectivity index (χ1n) is 14.5. The van der Waals surface area contributed by atoms with Crippen LogP contribution in [-0.2, 0) is 16.1 Å². The molecule has 1 aliphatic carbocycles. The predicted octanol–water partition coefficient (Wildman–Crippen LogP) is 6.66. The summed E-state index contributed by atoms with van der Waals surface area (Å²) >= 11 is 0. The molecule has 234 valence electrons. The Morgan fingerprint density at radius 2 is 1.75 bits per heavy atom. The zero-order chi connectivity index (χ0) is 31.0. The van der Waals surface area contributed by atoms with Crippen LogP contribution in [0.25, 0.3) is 11.3 Å². The van der Waals surface area contributed by atoms with E-state index in [4.69, 9.17) is 18.7 Å². The number of fused-ring (bicyclic) bond motifs is 2. The number of anilines is 1. The van der Waals surface area contributed by atoms with Crippen LogP contribution in [-0.4, -0.2) is 60.8 Å². The lowest BCUT2D eigenvalue weighted by molar-refractivity contribution is -0.274. The van der Waals surface area contributed by atoms with Crippen molar-refractivity contribution in [3.05, 3.63) is 59.4 Å². The fraction of sp³-hybridized carbons (Fsp3) is 0.452. The van der Waals surface area contributed by atoms with Gasteiger partial charge in [-0.05, 0) is 68.9 Å². The lowest BCUT2D eigenvalue weighted by Crippen LogP contribution is -2.50. The van der Waals surface area contributed by atoms with Crippen LogP contribution in [0.5, 0.6) is 11.5 Å². The predicted molar refractivity (Wildman–Crippen MR) is 150 cm³/mol. The second-order valence-electron chi connectivity index (χ2n) is 11.2. The first kappa shape index (κ1) is 29.8. The number of benzene rings is 2. The Kier molecular flexibility index (Phi) is 8.14. The number of esters is 1. The number of rotatable bonds is 9. The highest BCUT2D eigenvalue weighted by Crippen LogP contribution is 2.46. The number of alkyl halides is 3. The Morgan fingerprint density at radius 1 is 1.02 bits per heavy atom. The second kappa shape index (κ2) is 12.0. The minimum absolute atomic E-state index is 0.0701. The van der Waals surface area contributed by atoms with Gasteiger partial charge in [0.1, 0.15) is 23.0 Å². The normalized spacial score (nSPS) is 21.2. The van der Waals surface area contributed by atoms with E-state index in [9.17, 15) is 22.8 Å². The van der Waals surface area contributed by atoms with Crippen molar-refractivity contribution in [1.29, 1.82) is 0 Å². The molecule has 3 heterocycles. The Bertz CT molecular complexity index is 1520. The molecule has 3 aromatic rings. The molecule has 1 saturated carbocycles. The maximum Gasteiger partial charge on any atom is 0.573 e. The molecule has 13 heteroatoms. The number of methoxy groups -OCH3 is 2. The lowest BCUT2D eigenvalue weighted by Gasteiger charge is -2.38. The Balaban J connectivity index is 1.15. The minimum Gasteiger partial charge on any atom is -0.495 e. The fourth-order valence-electron chi connectivity index (χ4n) is 6.24. The van der Waals surface area contributed by atoms with E-state index in [1.807, 2.05) is 4.90 Å². The summed E-state index contributed by atoms with van der Waals surface area (Å²) in [6.45, 7) is 0.110. The summed E-state index contributed by atoms with van der Waals surface area (Å²) in [5, 5.41) is 7.05. The van der Waals surface area contributed by atoms with Crippen LogP contribution in [0.4, 0.5) is 23.7 Å². The number of nitrogens with one attached hydrogen (secondary N) is 1. The van der Waals surface area contributed by atoms with Crippen molar-refractivity contribution in [2.75, 3.05) is 19.5 Å². The number of urea groups is 1. The van der Waals surface area contributed by atoms with Crippen molar-refractivity contribution in [3.8, 4) is 22.8 Å². The molecule has 2 saturated heterocycles. The van der Waals surface area contributed by atoms with Gasteiger partial charge >= 0.3 is 18.4 Å². The van der Waals surface area contributed by atoms with E-state index in [1.54, 1.807) is 18.2 Å². The fourth-order valence-corrected chi connectivity index (χ4v) is 6.24. The number of aromatic nitrogens is 1. The number of carbonyl (C=O) groups is 2. The topological polar surface area (TPSA) is 112 Å². The molecule has 44 heavy (non-hydrogen) atoms. The van der Waals surface area contributed by atoms with E-state index in [1.165, 1.54) is 38.5 Å². The number of para-hydroxylation sites is 1. The largest absolute Gasteiger partial charge is 0.573 e. The Morgan fingerprint density at radius 3 is 2.41 bits per heavy atom. The molecule has 6 rings (SSSR count). The first-order chi connectivity index (χ1) is 21.1. The molecule has 10 nitrogen and oxygen atoms in total. The highest BCUT2D eigenvalue weighted by Gasteiger charge is 2.44. The Labute approximate surface area is 251 Å². The van der Waals surface area contributed by atoms with E-state index in [0.717, 1.165) is 25.7 Å². The van der Waals surface area contributed by atoms with Gasteiger partial charge in [0.05, 0.1) is 38.2 Å². The van der Waals surface area contributed by atoms with Gasteiger partial charge in [-0.25, -0.2) is 9.59 Å². The van der Waals surface area contributed by atoms with E-state index >= 15 is 0 Å². The summed E-state index contributed by atoms with van der Waals surface area (Å²) in [7, 11) is 2.76. The van der Waals surface area contributed by atoms with E-state index in [2.05, 4.69) is 15.2 Å². The number of halogens is 3. The van der Waals surface area contributed by atoms with Crippen molar-refractivity contribution in [3.63, 3.8) is 0 Å². The zero-order valence-electron chi connectivity index (χ0n) is 24.2. The summed E-state index contributed by atoms with van der Waals surface area (Å²) in [6, 6.07) is 10.1. The first-order valence-corrected chi connectivity index (χ1v) is 14.5. The van der Waals surface area contributed by atoms with Crippen LogP contribution in [0, 0.1) is 0 Å². The number of hydrogen-bond donors (Lipinski definition) is 1. The summed E-state index contributed by atoms with van der Waals surface area (Å²) in [6.07, 6.45) is -0.403. The average Bonchev–Trinajstić information content (AvgIpc) is 3.70. The molecule has 2 atom stereocenters. The number of hydrogen-bond acceptors (Lipinski definition) is 8. The third-order valence-electron chi connectivity index (χ3n) is 8.38. The van der Waals surface area contributed by atoms with Gasteiger partial charge < -0.3 is 33.7 Å². The van der Waals surface area contributed by atoms with E-state index < -0.39 is 12.3 Å². The molecule has 1 aromatic heterocycles. The summed E-state index contributed by atoms with van der Waals surface area (Å²) < 4.78 is 65.8. The number of amides is 2. The van der Waals surface area contributed by atoms with Gasteiger partial charge in [-0.1, -0.05) is 17.3 Å². The number of nitrogens with zero attached hydrogens (tertiary/aromatic N) is 2. The summed E-state index contributed by atoms with van der Waals surface area (Å²) in [4.78, 5) is 27.3. The van der Waals surface area contributed by atoms with Crippen molar-refractivity contribution in [2.45, 2.75) is 75.6 Å². The molecular formula is C31H32F3N3O7. The molecule has 1 N–H and O–H groups in total. The van der Waals surface area contributed by atoms with Crippen molar-refractivity contribution < 1.29 is 46.2 Å². The maximum atomic E-state index is 13.4. The molecule has 3 fully saturated rings. The number of piperidine rings is 1. The van der Waals surface area contributed by atoms with Crippen LogP contribution >= 0.6 is 0 Å². The SMILES string of the molecule is COC(=O)c1ccc(OC)c(NC(=O)N2C3CCC2CC(OCc2c(-c4ccccc4OC(F)(F)F)noc2C2CC2)C3)c1. The second-order valence-corrected chi connectivity index (χ2v) is 11.2. The van der Waals surface area contributed by atoms with Gasteiger partial charge in [-0.15, -0.1) is 13.2 Å². The highest BCUT2D eigenvalue weighted by molar-refractivity contribution is 5.95. The maximum absolute atomic E-state index is 13.4. The molecule has 2 unspecified atom stereocenters. The van der Waals surface area contributed by atoms with Gasteiger partial charge in [0.15, 0.2) is 0 Å². The molecule has 0 radical (unpaired) electrons. The van der Waals surface area contributed by atoms with Crippen molar-refractivity contribution >= 4 is 17.7 Å². The van der Waals surface area contributed by atoms with Crippen LogP contribution in [0.1, 0.15) is 66.1 Å². The average molecular weight is 616 g/mol. The van der Waals surface area contributed by atoms with Crippen LogP contribution in [0.2, 0.25) is 0 Å². The van der Waals surface area contributed by atoms with Crippen LogP contribution in [0.3, 0.4) is 0 Å². The highest BCUT2D eigenvalue weighted by atomic mass is 19.4. The standard InChI is InChI=1S/C31H32F3N3O7/c1-40-26-12-9-18(29(38)41-2)13-24(26)35-30(39)37-19-10-11-20(37)15-21(14-19)42-16-23-27(36-44-28(23)17-7-8-17)22-5-3-4-6-25(22)43-31(32,33)34/h3-6,9,12-13,17,19-21H,7-8,10-11,14-16H2,1-2H3,(H,35,39). The quantitative estimate of drug-likeness (QED) is 0.266. The molecule has 3 aliphatic rings. The Hall–Kier alpha value is -4.26. The van der Waals surface area contributed by atoms with E-state index in [-0.39, 0.29) is 59.3 Å². The van der Waals surface area contributed by atoms with Gasteiger partial charge in [0, 0.05) is 29.1 Å². The van der Waals surface area contributed by atoms with Gasteiger partial charge in [-0.2, -0.15) is 0 Å². The third-order valence-corrected chi connectivity index (χ3v) is 8.38. The molecule has 2 aromatic carbocycles. The van der Waals surface area contributed by atoms with Crippen molar-refractivity contribution in [2.24, 2.45) is 0 Å². The molecule has 2 aliphatic heterocycles.